The maximum atomic E-state index is 11.5. The number of hydrogen-bond acceptors (Lipinski definition) is 6. The van der Waals surface area contributed by atoms with Crippen LogP contribution in [0.5, 0.6) is 0 Å². The largest absolute Gasteiger partial charge is 0.460 e. The summed E-state index contributed by atoms with van der Waals surface area (Å²) >= 11 is 0. The van der Waals surface area contributed by atoms with E-state index in [2.05, 4.69) is 6.92 Å². The van der Waals surface area contributed by atoms with Gasteiger partial charge in [0.2, 0.25) is 0 Å². The van der Waals surface area contributed by atoms with Crippen molar-refractivity contribution in [1.82, 2.24) is 0 Å². The van der Waals surface area contributed by atoms with Gasteiger partial charge in [-0.05, 0) is 18.9 Å². The Balaban J connectivity index is 1.82. The quantitative estimate of drug-likeness (QED) is 0.416. The number of carbonyl (C=O) groups is 1. The smallest absolute Gasteiger partial charge is 0.302 e. The van der Waals surface area contributed by atoms with Crippen LogP contribution >= 0.6 is 0 Å². The first-order valence-corrected chi connectivity index (χ1v) is 8.18. The van der Waals surface area contributed by atoms with E-state index in [1.54, 1.807) is 6.92 Å². The zero-order valence-electron chi connectivity index (χ0n) is 13.9. The van der Waals surface area contributed by atoms with Crippen molar-refractivity contribution in [2.75, 3.05) is 6.61 Å². The molecule has 0 aromatic rings. The molecule has 2 N–H and O–H groups in total. The third-order valence-corrected chi connectivity index (χ3v) is 6.98. The Hall–Kier alpha value is -0.950. The second kappa shape index (κ2) is 4.36. The van der Waals surface area contributed by atoms with Gasteiger partial charge in [0.05, 0.1) is 18.8 Å². The SMILES string of the molecule is CC(=O)OC1CC2(C)C3(CO3)C1OC1C=C(C)C(O)C(O)C12C. The Morgan fingerprint density at radius 1 is 1.39 bits per heavy atom. The van der Waals surface area contributed by atoms with Crippen LogP contribution in [-0.2, 0) is 19.0 Å². The van der Waals surface area contributed by atoms with Crippen LogP contribution in [0.15, 0.2) is 11.6 Å². The monoisotopic (exact) mass is 324 g/mol. The summed E-state index contributed by atoms with van der Waals surface area (Å²) in [5.41, 5.74) is -1.00. The number of hydrogen-bond donors (Lipinski definition) is 2. The summed E-state index contributed by atoms with van der Waals surface area (Å²) in [6.45, 7) is 7.73. The van der Waals surface area contributed by atoms with Gasteiger partial charge < -0.3 is 24.4 Å². The average molecular weight is 324 g/mol. The van der Waals surface area contributed by atoms with E-state index >= 15 is 0 Å². The van der Waals surface area contributed by atoms with Gasteiger partial charge in [-0.15, -0.1) is 0 Å². The second-order valence-electron chi connectivity index (χ2n) is 7.92. The molecule has 3 fully saturated rings. The molecule has 1 saturated carbocycles. The zero-order chi connectivity index (χ0) is 16.8. The van der Waals surface area contributed by atoms with Gasteiger partial charge in [-0.25, -0.2) is 0 Å². The van der Waals surface area contributed by atoms with Crippen LogP contribution in [0.4, 0.5) is 0 Å². The Bertz CT molecular complexity index is 596. The summed E-state index contributed by atoms with van der Waals surface area (Å²) in [6.07, 6.45) is -0.486. The molecule has 2 aliphatic carbocycles. The van der Waals surface area contributed by atoms with Crippen molar-refractivity contribution in [3.63, 3.8) is 0 Å². The molecule has 6 heteroatoms. The fourth-order valence-electron chi connectivity index (χ4n) is 5.28. The maximum absolute atomic E-state index is 11.5. The molecule has 0 aromatic heterocycles. The van der Waals surface area contributed by atoms with Crippen LogP contribution < -0.4 is 0 Å². The van der Waals surface area contributed by atoms with Crippen LogP contribution in [-0.4, -0.2) is 58.9 Å². The summed E-state index contributed by atoms with van der Waals surface area (Å²) in [6, 6.07) is 0. The Morgan fingerprint density at radius 2 is 2.04 bits per heavy atom. The third kappa shape index (κ3) is 1.60. The Morgan fingerprint density at radius 3 is 2.61 bits per heavy atom. The molecule has 0 amide bonds. The lowest BCUT2D eigenvalue weighted by Gasteiger charge is -2.58. The van der Waals surface area contributed by atoms with E-state index in [0.717, 1.165) is 0 Å². The topological polar surface area (TPSA) is 88.5 Å². The van der Waals surface area contributed by atoms with Gasteiger partial charge in [0.25, 0.3) is 0 Å². The van der Waals surface area contributed by atoms with Crippen molar-refractivity contribution in [2.45, 2.75) is 70.2 Å². The molecule has 4 rings (SSSR count). The molecule has 6 nitrogen and oxygen atoms in total. The standard InChI is InChI=1S/C17H24O6/c1-8-5-11-16(4,13(20)12(8)19)15(3)6-10(22-9(2)18)14(23-11)17(15)7-21-17/h5,10-14,19-20H,6-7H2,1-4H3. The molecule has 8 unspecified atom stereocenters. The summed E-state index contributed by atoms with van der Waals surface area (Å²) in [4.78, 5) is 11.5. The van der Waals surface area contributed by atoms with Crippen molar-refractivity contribution in [1.29, 1.82) is 0 Å². The number of epoxide rings is 1. The van der Waals surface area contributed by atoms with Gasteiger partial charge in [0.15, 0.2) is 0 Å². The van der Waals surface area contributed by atoms with E-state index < -0.39 is 28.6 Å². The van der Waals surface area contributed by atoms with Gasteiger partial charge in [-0.2, -0.15) is 0 Å². The number of rotatable bonds is 1. The lowest BCUT2D eigenvalue weighted by atomic mass is 9.51. The lowest BCUT2D eigenvalue weighted by molar-refractivity contribution is -0.243. The molecule has 128 valence electrons. The Kier molecular flexibility index (Phi) is 2.95. The fraction of sp³-hybridized carbons (Fsp3) is 0.824. The van der Waals surface area contributed by atoms with E-state index in [0.29, 0.717) is 18.6 Å². The molecule has 0 aromatic carbocycles. The van der Waals surface area contributed by atoms with Crippen LogP contribution in [0.1, 0.15) is 34.1 Å². The molecule has 8 atom stereocenters. The minimum absolute atomic E-state index is 0.332. The van der Waals surface area contributed by atoms with Crippen molar-refractivity contribution in [3.8, 4) is 0 Å². The molecule has 2 saturated heterocycles. The molecule has 2 bridgehead atoms. The average Bonchev–Trinajstić information content (AvgIpc) is 3.23. The number of aliphatic hydroxyl groups excluding tert-OH is 2. The van der Waals surface area contributed by atoms with Crippen LogP contribution in [0.25, 0.3) is 0 Å². The highest BCUT2D eigenvalue weighted by molar-refractivity contribution is 5.66. The van der Waals surface area contributed by atoms with Crippen molar-refractivity contribution >= 4 is 5.97 Å². The summed E-state index contributed by atoms with van der Waals surface area (Å²) in [7, 11) is 0. The molecule has 4 aliphatic rings. The van der Waals surface area contributed by atoms with Crippen molar-refractivity contribution < 1.29 is 29.2 Å². The van der Waals surface area contributed by atoms with E-state index in [-0.39, 0.29) is 24.3 Å². The first-order valence-electron chi connectivity index (χ1n) is 8.18. The zero-order valence-corrected chi connectivity index (χ0v) is 13.9. The second-order valence-corrected chi connectivity index (χ2v) is 7.92. The first-order chi connectivity index (χ1) is 10.7. The van der Waals surface area contributed by atoms with Crippen molar-refractivity contribution in [3.05, 3.63) is 11.6 Å². The minimum atomic E-state index is -0.958. The molecular weight excluding hydrogens is 300 g/mol. The van der Waals surface area contributed by atoms with E-state index in [4.69, 9.17) is 14.2 Å². The van der Waals surface area contributed by atoms with Crippen LogP contribution in [0.3, 0.4) is 0 Å². The predicted molar refractivity (Wildman–Crippen MR) is 79.5 cm³/mol. The number of fused-ring (bicyclic) bond motifs is 2. The number of aliphatic hydroxyl groups is 2. The summed E-state index contributed by atoms with van der Waals surface area (Å²) in [5.74, 6) is -0.342. The molecule has 23 heavy (non-hydrogen) atoms. The van der Waals surface area contributed by atoms with Gasteiger partial charge >= 0.3 is 5.97 Å². The minimum Gasteiger partial charge on any atom is -0.460 e. The highest BCUT2D eigenvalue weighted by Crippen LogP contribution is 2.71. The van der Waals surface area contributed by atoms with Gasteiger partial charge in [0, 0.05) is 17.8 Å². The first kappa shape index (κ1) is 15.6. The molecule has 2 aliphatic heterocycles. The lowest BCUT2D eigenvalue weighted by Crippen LogP contribution is -2.68. The number of ether oxygens (including phenoxy) is 3. The van der Waals surface area contributed by atoms with Gasteiger partial charge in [0.1, 0.15) is 23.9 Å². The highest BCUT2D eigenvalue weighted by Gasteiger charge is 2.82. The fourth-order valence-corrected chi connectivity index (χ4v) is 5.28. The Labute approximate surface area is 135 Å². The van der Waals surface area contributed by atoms with Gasteiger partial charge in [-0.1, -0.05) is 19.9 Å². The predicted octanol–water partition coefficient (Wildman–Crippen LogP) is 0.552. The normalized spacial score (nSPS) is 57.0. The molecule has 0 radical (unpaired) electrons. The van der Waals surface area contributed by atoms with Crippen LogP contribution in [0.2, 0.25) is 0 Å². The number of esters is 1. The van der Waals surface area contributed by atoms with E-state index in [1.165, 1.54) is 6.92 Å². The maximum Gasteiger partial charge on any atom is 0.302 e. The summed E-state index contributed by atoms with van der Waals surface area (Å²) in [5, 5.41) is 21.3. The number of carbonyl (C=O) groups excluding carboxylic acids is 1. The van der Waals surface area contributed by atoms with E-state index in [9.17, 15) is 15.0 Å². The van der Waals surface area contributed by atoms with Crippen LogP contribution in [0, 0.1) is 10.8 Å². The summed E-state index contributed by atoms with van der Waals surface area (Å²) < 4.78 is 17.6. The molecule has 2 heterocycles. The third-order valence-electron chi connectivity index (χ3n) is 6.98. The molecular formula is C17H24O6. The van der Waals surface area contributed by atoms with Gasteiger partial charge in [-0.3, -0.25) is 4.79 Å². The molecule has 1 spiro atoms. The highest BCUT2D eigenvalue weighted by atomic mass is 16.7. The van der Waals surface area contributed by atoms with E-state index in [1.807, 2.05) is 13.0 Å². The van der Waals surface area contributed by atoms with Crippen molar-refractivity contribution in [2.24, 2.45) is 10.8 Å².